The highest BCUT2D eigenvalue weighted by Crippen LogP contribution is 1.91. The van der Waals surface area contributed by atoms with Crippen LogP contribution >= 0.6 is 0 Å². The number of amides is 1. The monoisotopic (exact) mass is 168 g/mol. The lowest BCUT2D eigenvalue weighted by atomic mass is 10.2. The van der Waals surface area contributed by atoms with Crippen LogP contribution in [0.15, 0.2) is 12.4 Å². The Morgan fingerprint density at radius 3 is 3.00 bits per heavy atom. The predicted octanol–water partition coefficient (Wildman–Crippen LogP) is -1.20. The summed E-state index contributed by atoms with van der Waals surface area (Å²) < 4.78 is 1.57. The Balaban J connectivity index is 2.31. The second-order valence-corrected chi connectivity index (χ2v) is 2.43. The zero-order valence-electron chi connectivity index (χ0n) is 6.47. The Morgan fingerprint density at radius 1 is 1.75 bits per heavy atom. The molecule has 1 aromatic heterocycles. The van der Waals surface area contributed by atoms with Crippen LogP contribution in [0.2, 0.25) is 0 Å². The van der Waals surface area contributed by atoms with Crippen molar-refractivity contribution in [1.82, 2.24) is 20.7 Å². The van der Waals surface area contributed by atoms with E-state index in [1.54, 1.807) is 17.1 Å². The molecule has 1 heterocycles. The molecule has 65 valence electrons. The molecule has 1 rings (SSSR count). The van der Waals surface area contributed by atoms with Gasteiger partial charge in [0.15, 0.2) is 0 Å². The molecular weight excluding hydrogens is 158 g/mol. The minimum Gasteiger partial charge on any atom is -0.320 e. The number of hydrogen-bond donors (Lipinski definition) is 1. The molecule has 0 fully saturated rings. The summed E-state index contributed by atoms with van der Waals surface area (Å²) in [6.07, 6.45) is 3.65. The molecule has 0 aliphatic carbocycles. The number of nitrogens with zero attached hydrogens (tertiary/aromatic N) is 3. The van der Waals surface area contributed by atoms with Crippen LogP contribution in [0.25, 0.3) is 0 Å². The summed E-state index contributed by atoms with van der Waals surface area (Å²) in [7, 11) is 0. The zero-order valence-corrected chi connectivity index (χ0v) is 6.47. The van der Waals surface area contributed by atoms with Crippen molar-refractivity contribution in [3.63, 3.8) is 0 Å². The van der Waals surface area contributed by atoms with E-state index in [0.717, 1.165) is 0 Å². The lowest BCUT2D eigenvalue weighted by Gasteiger charge is -2.04. The molecule has 0 saturated carbocycles. The molecule has 1 amide bonds. The number of rotatable bonds is 4. The van der Waals surface area contributed by atoms with Crippen molar-refractivity contribution < 1.29 is 4.79 Å². The van der Waals surface area contributed by atoms with Crippen molar-refractivity contribution in [2.45, 2.75) is 19.0 Å². The quantitative estimate of drug-likeness (QED) is 0.610. The van der Waals surface area contributed by atoms with Gasteiger partial charge in [-0.2, -0.15) is 0 Å². The van der Waals surface area contributed by atoms with Gasteiger partial charge in [-0.15, -0.1) is 5.10 Å². The number of aryl methyl sites for hydroxylation is 1. The average molecular weight is 168 g/mol. The van der Waals surface area contributed by atoms with E-state index in [1.165, 1.54) is 0 Å². The number of nitrogens with one attached hydrogen (secondary N) is 1. The molecule has 6 heteroatoms. The number of carbonyl (C=O) groups excluding carboxylic acids is 1. The molecule has 1 atom stereocenters. The lowest BCUT2D eigenvalue weighted by molar-refractivity contribution is -0.120. The largest absolute Gasteiger partial charge is 0.320 e. The highest BCUT2D eigenvalue weighted by Gasteiger charge is 2.09. The second kappa shape index (κ2) is 3.82. The molecule has 0 bridgehead atoms. The summed E-state index contributed by atoms with van der Waals surface area (Å²) in [5.74, 6) is -0.741. The summed E-state index contributed by atoms with van der Waals surface area (Å²) >= 11 is 0. The summed E-state index contributed by atoms with van der Waals surface area (Å²) in [6, 6.07) is -0.714. The van der Waals surface area contributed by atoms with Crippen molar-refractivity contribution in [2.75, 3.05) is 0 Å². The highest BCUT2D eigenvalue weighted by molar-refractivity contribution is 5.78. The van der Waals surface area contributed by atoms with Gasteiger partial charge in [0.1, 0.15) is 0 Å². The Labute approximate surface area is 69.5 Å². The van der Waals surface area contributed by atoms with Crippen LogP contribution in [0.3, 0.4) is 0 Å². The maximum atomic E-state index is 10.4. The van der Waals surface area contributed by atoms with Crippen LogP contribution < -0.4 is 11.5 Å². The van der Waals surface area contributed by atoms with Gasteiger partial charge >= 0.3 is 0 Å². The summed E-state index contributed by atoms with van der Waals surface area (Å²) in [4.78, 5) is 10.4. The molecule has 1 radical (unpaired) electrons. The fourth-order valence-electron chi connectivity index (χ4n) is 0.754. The summed E-state index contributed by atoms with van der Waals surface area (Å²) in [5, 5.41) is 7.27. The van der Waals surface area contributed by atoms with Crippen molar-refractivity contribution in [1.29, 1.82) is 0 Å². The van der Waals surface area contributed by atoms with Gasteiger partial charge in [0.05, 0.1) is 12.2 Å². The van der Waals surface area contributed by atoms with E-state index in [9.17, 15) is 4.79 Å². The van der Waals surface area contributed by atoms with Crippen molar-refractivity contribution >= 4 is 5.91 Å². The first-order chi connectivity index (χ1) is 5.70. The van der Waals surface area contributed by atoms with Crippen molar-refractivity contribution in [2.24, 2.45) is 5.73 Å². The van der Waals surface area contributed by atoms with Crippen LogP contribution in [0.1, 0.15) is 6.42 Å². The first-order valence-corrected chi connectivity index (χ1v) is 3.55. The highest BCUT2D eigenvalue weighted by atomic mass is 16.1. The van der Waals surface area contributed by atoms with E-state index >= 15 is 0 Å². The van der Waals surface area contributed by atoms with Gasteiger partial charge in [-0.25, -0.2) is 0 Å². The van der Waals surface area contributed by atoms with Gasteiger partial charge in [-0.3, -0.25) is 15.2 Å². The van der Waals surface area contributed by atoms with Gasteiger partial charge in [0.2, 0.25) is 0 Å². The fourth-order valence-corrected chi connectivity index (χ4v) is 0.754. The van der Waals surface area contributed by atoms with Crippen molar-refractivity contribution in [3.05, 3.63) is 12.4 Å². The van der Waals surface area contributed by atoms with Crippen LogP contribution in [-0.4, -0.2) is 26.9 Å². The molecule has 1 aromatic rings. The molecule has 6 nitrogen and oxygen atoms in total. The van der Waals surface area contributed by atoms with E-state index in [1.807, 2.05) is 0 Å². The molecular formula is C6H10N5O. The van der Waals surface area contributed by atoms with E-state index in [2.05, 4.69) is 10.3 Å². The van der Waals surface area contributed by atoms with E-state index in [4.69, 9.17) is 11.5 Å². The first kappa shape index (κ1) is 8.66. The summed E-state index contributed by atoms with van der Waals surface area (Å²) in [5.41, 5.74) is 12.0. The third-order valence-corrected chi connectivity index (χ3v) is 1.48. The minimum atomic E-state index is -0.741. The summed E-state index contributed by atoms with van der Waals surface area (Å²) in [6.45, 7) is 0.520. The molecule has 0 aliphatic heterocycles. The zero-order chi connectivity index (χ0) is 8.97. The Bertz CT molecular complexity index is 244. The van der Waals surface area contributed by atoms with Crippen LogP contribution in [0.5, 0.6) is 0 Å². The molecule has 0 unspecified atom stereocenters. The Hall–Kier alpha value is -1.43. The maximum absolute atomic E-state index is 10.4. The van der Waals surface area contributed by atoms with E-state index in [0.29, 0.717) is 13.0 Å². The molecule has 12 heavy (non-hydrogen) atoms. The van der Waals surface area contributed by atoms with Gasteiger partial charge in [-0.1, -0.05) is 5.21 Å². The SMILES string of the molecule is [NH]C(=O)[C@@H](N)CCn1ccnn1. The van der Waals surface area contributed by atoms with Crippen LogP contribution in [0, 0.1) is 0 Å². The third kappa shape index (κ3) is 2.31. The minimum absolute atomic E-state index is 0.422. The predicted molar refractivity (Wildman–Crippen MR) is 40.7 cm³/mol. The first-order valence-electron chi connectivity index (χ1n) is 3.55. The van der Waals surface area contributed by atoms with Gasteiger partial charge in [0.25, 0.3) is 5.91 Å². The fraction of sp³-hybridized carbons (Fsp3) is 0.500. The lowest BCUT2D eigenvalue weighted by Crippen LogP contribution is -2.32. The van der Waals surface area contributed by atoms with Gasteiger partial charge in [-0.05, 0) is 6.42 Å². The third-order valence-electron chi connectivity index (χ3n) is 1.48. The molecule has 0 aliphatic rings. The number of carbonyl (C=O) groups is 1. The molecule has 3 N–H and O–H groups in total. The van der Waals surface area contributed by atoms with Crippen LogP contribution in [-0.2, 0) is 11.3 Å². The maximum Gasteiger partial charge on any atom is 0.255 e. The second-order valence-electron chi connectivity index (χ2n) is 2.43. The van der Waals surface area contributed by atoms with Crippen molar-refractivity contribution in [3.8, 4) is 0 Å². The Morgan fingerprint density at radius 2 is 2.50 bits per heavy atom. The molecule has 0 saturated heterocycles. The van der Waals surface area contributed by atoms with Gasteiger partial charge < -0.3 is 5.73 Å². The smallest absolute Gasteiger partial charge is 0.255 e. The van der Waals surface area contributed by atoms with E-state index < -0.39 is 11.9 Å². The Kier molecular flexibility index (Phi) is 2.76. The van der Waals surface area contributed by atoms with Gasteiger partial charge in [0, 0.05) is 12.7 Å². The molecule has 0 spiro atoms. The number of aromatic nitrogens is 3. The normalized spacial score (nSPS) is 12.8. The molecule has 0 aromatic carbocycles. The number of hydrogen-bond acceptors (Lipinski definition) is 4. The standard InChI is InChI=1S/C6H10N5O/c7-5(6(8)12)1-3-11-4-2-9-10-11/h2,4-5,8H,1,3,7H2/t5-/m0/s1. The number of nitrogens with two attached hydrogens (primary N) is 1. The van der Waals surface area contributed by atoms with E-state index in [-0.39, 0.29) is 0 Å². The van der Waals surface area contributed by atoms with Crippen LogP contribution in [0.4, 0.5) is 0 Å². The topological polar surface area (TPSA) is 97.6 Å². The average Bonchev–Trinajstić information content (AvgIpc) is 2.51.